The molecule has 0 N–H and O–H groups in total. The van der Waals surface area contributed by atoms with Gasteiger partial charge in [0.25, 0.3) is 0 Å². The Hall–Kier alpha value is -1.04. The standard InChI is InChI=1S/C20H33/c1-3-5-7-9-11-13-15-17-19-20-18-16-14-12-10-8-6-4-2/h3,5,7,9,11-12H,1,4,6,8,10,13,15-20H2,2H3. The van der Waals surface area contributed by atoms with Gasteiger partial charge >= 0.3 is 0 Å². The first-order chi connectivity index (χ1) is 9.91. The SMILES string of the molecule is C=CC=CC=CCCCCCCC/[C]=C/CCCCC. The molecule has 0 fully saturated rings. The van der Waals surface area contributed by atoms with Crippen molar-refractivity contribution in [1.29, 1.82) is 0 Å². The highest BCUT2D eigenvalue weighted by atomic mass is 13.9. The maximum Gasteiger partial charge on any atom is -0.0279 e. The monoisotopic (exact) mass is 273 g/mol. The van der Waals surface area contributed by atoms with Crippen LogP contribution in [-0.2, 0) is 0 Å². The molecule has 0 unspecified atom stereocenters. The molecule has 20 heavy (non-hydrogen) atoms. The van der Waals surface area contributed by atoms with Crippen molar-refractivity contribution in [3.8, 4) is 0 Å². The second-order valence-corrected chi connectivity index (χ2v) is 5.26. The van der Waals surface area contributed by atoms with Gasteiger partial charge in [-0.05, 0) is 44.6 Å². The third kappa shape index (κ3) is 17.0. The maximum atomic E-state index is 3.64. The second kappa shape index (κ2) is 18.0. The molecule has 0 atom stereocenters. The summed E-state index contributed by atoms with van der Waals surface area (Å²) in [6, 6.07) is 0. The van der Waals surface area contributed by atoms with Gasteiger partial charge in [0.2, 0.25) is 0 Å². The number of allylic oxidation sites excluding steroid dienone is 7. The third-order valence-corrected chi connectivity index (χ3v) is 3.28. The average molecular weight is 273 g/mol. The predicted molar refractivity (Wildman–Crippen MR) is 92.8 cm³/mol. The van der Waals surface area contributed by atoms with Crippen LogP contribution in [0.15, 0.2) is 43.0 Å². The van der Waals surface area contributed by atoms with E-state index in [4.69, 9.17) is 0 Å². The molecule has 1 radical (unpaired) electrons. The Morgan fingerprint density at radius 2 is 1.55 bits per heavy atom. The van der Waals surface area contributed by atoms with Crippen molar-refractivity contribution in [1.82, 2.24) is 0 Å². The topological polar surface area (TPSA) is 0 Å². The van der Waals surface area contributed by atoms with Crippen LogP contribution in [0.2, 0.25) is 0 Å². The van der Waals surface area contributed by atoms with E-state index in [1.54, 1.807) is 6.08 Å². The number of rotatable bonds is 14. The maximum absolute atomic E-state index is 3.64. The summed E-state index contributed by atoms with van der Waals surface area (Å²) in [5, 5.41) is 0. The van der Waals surface area contributed by atoms with Crippen LogP contribution in [0.25, 0.3) is 0 Å². The molecule has 0 spiro atoms. The fourth-order valence-electron chi connectivity index (χ4n) is 2.04. The zero-order valence-electron chi connectivity index (χ0n) is 13.4. The van der Waals surface area contributed by atoms with Gasteiger partial charge in [-0.1, -0.05) is 82.1 Å². The number of unbranched alkanes of at least 4 members (excludes halogenated alkanes) is 9. The lowest BCUT2D eigenvalue weighted by Crippen LogP contribution is -1.78. The van der Waals surface area contributed by atoms with E-state index in [0.29, 0.717) is 0 Å². The number of hydrogen-bond donors (Lipinski definition) is 0. The molecule has 0 bridgehead atoms. The fraction of sp³-hybridized carbons (Fsp3) is 0.600. The Kier molecular flexibility index (Phi) is 17.0. The summed E-state index contributed by atoms with van der Waals surface area (Å²) in [7, 11) is 0. The molecule has 0 aromatic carbocycles. The molecule has 0 aromatic heterocycles. The first kappa shape index (κ1) is 19.0. The highest BCUT2D eigenvalue weighted by Gasteiger charge is 1.89. The molecule has 0 rings (SSSR count). The van der Waals surface area contributed by atoms with E-state index >= 15 is 0 Å². The van der Waals surface area contributed by atoms with E-state index in [1.807, 2.05) is 12.2 Å². The Labute approximate surface area is 127 Å². The van der Waals surface area contributed by atoms with Crippen LogP contribution in [0.4, 0.5) is 0 Å². The van der Waals surface area contributed by atoms with Crippen LogP contribution in [0.3, 0.4) is 0 Å². The van der Waals surface area contributed by atoms with Crippen molar-refractivity contribution in [3.63, 3.8) is 0 Å². The van der Waals surface area contributed by atoms with Crippen LogP contribution in [0.1, 0.15) is 77.6 Å². The summed E-state index contributed by atoms with van der Waals surface area (Å²) < 4.78 is 0. The molecule has 0 aromatic rings. The van der Waals surface area contributed by atoms with Gasteiger partial charge in [-0.15, -0.1) is 0 Å². The van der Waals surface area contributed by atoms with E-state index in [-0.39, 0.29) is 0 Å². The molecule has 0 aliphatic heterocycles. The van der Waals surface area contributed by atoms with E-state index in [2.05, 4.69) is 37.8 Å². The average Bonchev–Trinajstić information content (AvgIpc) is 2.47. The lowest BCUT2D eigenvalue weighted by atomic mass is 10.1. The van der Waals surface area contributed by atoms with Crippen LogP contribution in [0.5, 0.6) is 0 Å². The van der Waals surface area contributed by atoms with Crippen molar-refractivity contribution >= 4 is 0 Å². The first-order valence-corrected chi connectivity index (χ1v) is 8.41. The largest absolute Gasteiger partial charge is 0.0991 e. The van der Waals surface area contributed by atoms with Crippen LogP contribution < -0.4 is 0 Å². The molecule has 0 heteroatoms. The highest BCUT2D eigenvalue weighted by molar-refractivity contribution is 5.08. The zero-order chi connectivity index (χ0) is 14.7. The van der Waals surface area contributed by atoms with E-state index < -0.39 is 0 Å². The van der Waals surface area contributed by atoms with Crippen LogP contribution in [0, 0.1) is 6.08 Å². The predicted octanol–water partition coefficient (Wildman–Crippen LogP) is 6.96. The minimum absolute atomic E-state index is 1.15. The van der Waals surface area contributed by atoms with E-state index in [9.17, 15) is 0 Å². The smallest absolute Gasteiger partial charge is 0.0279 e. The molecule has 0 nitrogen and oxygen atoms in total. The Bertz CT molecular complexity index is 268. The third-order valence-electron chi connectivity index (χ3n) is 3.28. The Morgan fingerprint density at radius 3 is 2.35 bits per heavy atom. The quantitative estimate of drug-likeness (QED) is 0.237. The van der Waals surface area contributed by atoms with Gasteiger partial charge < -0.3 is 0 Å². The minimum atomic E-state index is 1.15. The second-order valence-electron chi connectivity index (χ2n) is 5.26. The van der Waals surface area contributed by atoms with Crippen LogP contribution >= 0.6 is 0 Å². The van der Waals surface area contributed by atoms with Crippen molar-refractivity contribution in [2.45, 2.75) is 77.6 Å². The van der Waals surface area contributed by atoms with Gasteiger partial charge in [0.15, 0.2) is 0 Å². The first-order valence-electron chi connectivity index (χ1n) is 8.41. The molecule has 0 heterocycles. The van der Waals surface area contributed by atoms with Crippen molar-refractivity contribution in [2.75, 3.05) is 0 Å². The van der Waals surface area contributed by atoms with Gasteiger partial charge in [-0.3, -0.25) is 0 Å². The Morgan fingerprint density at radius 1 is 0.800 bits per heavy atom. The van der Waals surface area contributed by atoms with Gasteiger partial charge in [-0.25, -0.2) is 0 Å². The fourth-order valence-corrected chi connectivity index (χ4v) is 2.04. The van der Waals surface area contributed by atoms with Gasteiger partial charge in [0.1, 0.15) is 0 Å². The highest BCUT2D eigenvalue weighted by Crippen LogP contribution is 2.08. The summed E-state index contributed by atoms with van der Waals surface area (Å²) in [6.07, 6.45) is 30.1. The summed E-state index contributed by atoms with van der Waals surface area (Å²) in [6.45, 7) is 5.89. The molecular formula is C20H33. The van der Waals surface area contributed by atoms with Crippen molar-refractivity contribution < 1.29 is 0 Å². The molecule has 0 saturated heterocycles. The summed E-state index contributed by atoms with van der Waals surface area (Å²) in [5.74, 6) is 0. The summed E-state index contributed by atoms with van der Waals surface area (Å²) in [4.78, 5) is 0. The van der Waals surface area contributed by atoms with E-state index in [1.165, 1.54) is 64.2 Å². The van der Waals surface area contributed by atoms with Gasteiger partial charge in [-0.2, -0.15) is 0 Å². The summed E-state index contributed by atoms with van der Waals surface area (Å²) >= 11 is 0. The molecule has 0 aliphatic carbocycles. The lowest BCUT2D eigenvalue weighted by Gasteiger charge is -1.98. The zero-order valence-corrected chi connectivity index (χ0v) is 13.4. The minimum Gasteiger partial charge on any atom is -0.0991 e. The molecular weight excluding hydrogens is 240 g/mol. The van der Waals surface area contributed by atoms with E-state index in [0.717, 1.165) is 6.42 Å². The molecule has 113 valence electrons. The Balaban J connectivity index is 3.14. The summed E-state index contributed by atoms with van der Waals surface area (Å²) in [5.41, 5.74) is 0. The normalized spacial score (nSPS) is 12.1. The van der Waals surface area contributed by atoms with Crippen molar-refractivity contribution in [2.24, 2.45) is 0 Å². The molecule has 0 aliphatic rings. The molecule has 0 saturated carbocycles. The molecule has 0 amide bonds. The van der Waals surface area contributed by atoms with Crippen molar-refractivity contribution in [3.05, 3.63) is 49.1 Å². The van der Waals surface area contributed by atoms with Crippen LogP contribution in [-0.4, -0.2) is 0 Å². The number of hydrogen-bond acceptors (Lipinski definition) is 0. The van der Waals surface area contributed by atoms with Gasteiger partial charge in [0.05, 0.1) is 0 Å². The lowest BCUT2D eigenvalue weighted by molar-refractivity contribution is 0.618. The van der Waals surface area contributed by atoms with Gasteiger partial charge in [0, 0.05) is 0 Å².